The van der Waals surface area contributed by atoms with Gasteiger partial charge in [0.25, 0.3) is 11.7 Å². The molecule has 1 atom stereocenters. The van der Waals surface area contributed by atoms with Crippen molar-refractivity contribution in [2.75, 3.05) is 0 Å². The van der Waals surface area contributed by atoms with E-state index in [1.165, 1.54) is 18.2 Å². The number of carbonyl (C=O) groups excluding carboxylic acids is 1. The Kier molecular flexibility index (Phi) is 5.50. The molecule has 1 aromatic carbocycles. The number of halogens is 3. The van der Waals surface area contributed by atoms with E-state index in [0.29, 0.717) is 27.5 Å². The van der Waals surface area contributed by atoms with Gasteiger partial charge in [-0.1, -0.05) is 30.3 Å². The molecule has 1 heterocycles. The van der Waals surface area contributed by atoms with E-state index in [9.17, 15) is 18.0 Å². The third kappa shape index (κ3) is 3.95. The molecule has 0 aliphatic heterocycles. The van der Waals surface area contributed by atoms with Gasteiger partial charge in [-0.2, -0.15) is 8.78 Å². The van der Waals surface area contributed by atoms with Crippen LogP contribution in [0.1, 0.15) is 40.5 Å². The number of nitrogens with one attached hydrogen (secondary N) is 1. The van der Waals surface area contributed by atoms with E-state index in [4.69, 9.17) is 0 Å². The first kappa shape index (κ1) is 17.4. The van der Waals surface area contributed by atoms with E-state index in [1.807, 2.05) is 0 Å². The van der Waals surface area contributed by atoms with E-state index < -0.39 is 5.76 Å². The Morgan fingerprint density at radius 3 is 2.50 bits per heavy atom. The Balaban J connectivity index is 1.79. The van der Waals surface area contributed by atoms with Crippen molar-refractivity contribution in [2.45, 2.75) is 36.0 Å². The van der Waals surface area contributed by atoms with Gasteiger partial charge >= 0.3 is 0 Å². The van der Waals surface area contributed by atoms with E-state index in [1.54, 1.807) is 17.5 Å². The number of thiophene rings is 1. The van der Waals surface area contributed by atoms with E-state index >= 15 is 0 Å². The molecule has 3 rings (SSSR count). The van der Waals surface area contributed by atoms with Gasteiger partial charge in [0, 0.05) is 4.90 Å². The van der Waals surface area contributed by atoms with Crippen LogP contribution in [0.4, 0.5) is 13.2 Å². The van der Waals surface area contributed by atoms with Crippen molar-refractivity contribution < 1.29 is 18.0 Å². The fourth-order valence-corrected chi connectivity index (χ4v) is 4.38. The summed E-state index contributed by atoms with van der Waals surface area (Å²) < 4.78 is 38.3. The molecule has 1 aliphatic rings. The van der Waals surface area contributed by atoms with Crippen LogP contribution in [0.2, 0.25) is 0 Å². The Bertz CT molecular complexity index is 698. The molecule has 2 nitrogen and oxygen atoms in total. The highest BCUT2D eigenvalue weighted by molar-refractivity contribution is 7.99. The number of alkyl halides is 2. The molecule has 1 amide bonds. The molecule has 1 aliphatic carbocycles. The minimum atomic E-state index is -2.56. The molecular formula is C17H16F3NOS2. The normalized spacial score (nSPS) is 16.0. The molecule has 2 aromatic rings. The van der Waals surface area contributed by atoms with Gasteiger partial charge < -0.3 is 5.32 Å². The highest BCUT2D eigenvalue weighted by Gasteiger charge is 2.31. The zero-order chi connectivity index (χ0) is 17.1. The smallest absolute Gasteiger partial charge is 0.288 e. The summed E-state index contributed by atoms with van der Waals surface area (Å²) in [5, 5.41) is 4.60. The van der Waals surface area contributed by atoms with Gasteiger partial charge in [-0.15, -0.1) is 11.3 Å². The summed E-state index contributed by atoms with van der Waals surface area (Å²) in [6, 6.07) is 7.39. The maximum absolute atomic E-state index is 13.1. The molecule has 1 aromatic heterocycles. The zero-order valence-electron chi connectivity index (χ0n) is 12.7. The first-order valence-corrected chi connectivity index (χ1v) is 9.39. The first-order chi connectivity index (χ1) is 11.5. The van der Waals surface area contributed by atoms with Crippen LogP contribution in [0.5, 0.6) is 0 Å². The highest BCUT2D eigenvalue weighted by atomic mass is 32.2. The standard InChI is InChI=1S/C17H16F3NOS2/c18-12-6-4-11(5-7-12)14(10-2-1-3-10)21-16(22)15-13(8-9-23-15)24-17(19)20/h4-10,14,17H,1-3H2,(H,21,22). The summed E-state index contributed by atoms with van der Waals surface area (Å²) in [5.41, 5.74) is 0.842. The number of thioether (sulfide) groups is 1. The van der Waals surface area contributed by atoms with Crippen molar-refractivity contribution >= 4 is 29.0 Å². The molecule has 0 bridgehead atoms. The van der Waals surface area contributed by atoms with Crippen LogP contribution >= 0.6 is 23.1 Å². The number of hydrogen-bond donors (Lipinski definition) is 1. The van der Waals surface area contributed by atoms with Gasteiger partial charge in [0.15, 0.2) is 0 Å². The molecule has 1 fully saturated rings. The van der Waals surface area contributed by atoms with Gasteiger partial charge in [-0.05, 0) is 47.9 Å². The quantitative estimate of drug-likeness (QED) is 0.682. The topological polar surface area (TPSA) is 29.1 Å². The van der Waals surface area contributed by atoms with Crippen LogP contribution in [-0.4, -0.2) is 11.7 Å². The maximum Gasteiger partial charge on any atom is 0.288 e. The largest absolute Gasteiger partial charge is 0.344 e. The predicted octanol–water partition coefficient (Wildman–Crippen LogP) is 5.47. The van der Waals surface area contributed by atoms with Crippen molar-refractivity contribution in [3.05, 3.63) is 52.0 Å². The van der Waals surface area contributed by atoms with E-state index in [0.717, 1.165) is 36.2 Å². The second kappa shape index (κ2) is 7.61. The molecule has 0 saturated heterocycles. The zero-order valence-corrected chi connectivity index (χ0v) is 14.3. The lowest BCUT2D eigenvalue weighted by Crippen LogP contribution is -2.36. The third-order valence-corrected chi connectivity index (χ3v) is 6.00. The second-order valence-corrected chi connectivity index (χ2v) is 7.63. The maximum atomic E-state index is 13.1. The minimum absolute atomic E-state index is 0.224. The minimum Gasteiger partial charge on any atom is -0.344 e. The number of carbonyl (C=O) groups is 1. The highest BCUT2D eigenvalue weighted by Crippen LogP contribution is 2.39. The Labute approximate surface area is 146 Å². The second-order valence-electron chi connectivity index (χ2n) is 5.69. The van der Waals surface area contributed by atoms with Gasteiger partial charge in [0.1, 0.15) is 10.7 Å². The third-order valence-electron chi connectivity index (χ3n) is 4.19. The average molecular weight is 371 g/mol. The molecule has 24 heavy (non-hydrogen) atoms. The van der Waals surface area contributed by atoms with Crippen molar-refractivity contribution in [3.8, 4) is 0 Å². The van der Waals surface area contributed by atoms with Crippen LogP contribution in [-0.2, 0) is 0 Å². The molecule has 7 heteroatoms. The van der Waals surface area contributed by atoms with Crippen molar-refractivity contribution in [1.82, 2.24) is 5.32 Å². The summed E-state index contributed by atoms with van der Waals surface area (Å²) in [5.74, 6) is -2.95. The van der Waals surface area contributed by atoms with E-state index in [2.05, 4.69) is 5.32 Å². The SMILES string of the molecule is O=C(NC(c1ccc(F)cc1)C1CCC1)c1sccc1SC(F)F. The lowest BCUT2D eigenvalue weighted by molar-refractivity contribution is 0.0902. The summed E-state index contributed by atoms with van der Waals surface area (Å²) in [6.07, 6.45) is 3.08. The van der Waals surface area contributed by atoms with Crippen LogP contribution in [0.15, 0.2) is 40.6 Å². The summed E-state index contributed by atoms with van der Waals surface area (Å²) in [7, 11) is 0. The fraction of sp³-hybridized carbons (Fsp3) is 0.353. The Morgan fingerprint density at radius 2 is 1.92 bits per heavy atom. The number of hydrogen-bond acceptors (Lipinski definition) is 3. The van der Waals surface area contributed by atoms with Crippen LogP contribution in [0.3, 0.4) is 0 Å². The first-order valence-electron chi connectivity index (χ1n) is 7.63. The Morgan fingerprint density at radius 1 is 1.21 bits per heavy atom. The lowest BCUT2D eigenvalue weighted by atomic mass is 9.77. The van der Waals surface area contributed by atoms with Gasteiger partial charge in [-0.25, -0.2) is 4.39 Å². The molecular weight excluding hydrogens is 355 g/mol. The monoisotopic (exact) mass is 371 g/mol. The Hall–Kier alpha value is -1.47. The number of benzene rings is 1. The summed E-state index contributed by atoms with van der Waals surface area (Å²) >= 11 is 1.53. The van der Waals surface area contributed by atoms with Crippen molar-refractivity contribution in [3.63, 3.8) is 0 Å². The summed E-state index contributed by atoms with van der Waals surface area (Å²) in [6.45, 7) is 0. The molecule has 1 saturated carbocycles. The molecule has 0 radical (unpaired) electrons. The van der Waals surface area contributed by atoms with Crippen LogP contribution in [0, 0.1) is 11.7 Å². The van der Waals surface area contributed by atoms with Crippen LogP contribution in [0.25, 0.3) is 0 Å². The number of rotatable bonds is 6. The predicted molar refractivity (Wildman–Crippen MR) is 90.1 cm³/mol. The molecule has 1 unspecified atom stereocenters. The van der Waals surface area contributed by atoms with Gasteiger partial charge in [0.2, 0.25) is 0 Å². The van der Waals surface area contributed by atoms with Gasteiger partial charge in [0.05, 0.1) is 6.04 Å². The molecule has 0 spiro atoms. The average Bonchev–Trinajstić information content (AvgIpc) is 2.93. The number of amides is 1. The fourth-order valence-electron chi connectivity index (χ4n) is 2.78. The summed E-state index contributed by atoms with van der Waals surface area (Å²) in [4.78, 5) is 13.2. The van der Waals surface area contributed by atoms with Crippen LogP contribution < -0.4 is 5.32 Å². The van der Waals surface area contributed by atoms with Crippen molar-refractivity contribution in [2.24, 2.45) is 5.92 Å². The molecule has 1 N–H and O–H groups in total. The van der Waals surface area contributed by atoms with Crippen molar-refractivity contribution in [1.29, 1.82) is 0 Å². The molecule has 128 valence electrons. The van der Waals surface area contributed by atoms with Gasteiger partial charge in [-0.3, -0.25) is 4.79 Å². The van der Waals surface area contributed by atoms with E-state index in [-0.39, 0.29) is 17.8 Å². The lowest BCUT2D eigenvalue weighted by Gasteiger charge is -2.34.